The molecule has 142 valence electrons. The lowest BCUT2D eigenvalue weighted by Gasteiger charge is -2.29. The molecule has 1 aliphatic carbocycles. The fourth-order valence-corrected chi connectivity index (χ4v) is 3.42. The van der Waals surface area contributed by atoms with Crippen LogP contribution in [0.3, 0.4) is 0 Å². The first-order valence-electron chi connectivity index (χ1n) is 9.24. The van der Waals surface area contributed by atoms with E-state index in [0.717, 1.165) is 73.8 Å². The van der Waals surface area contributed by atoms with Crippen molar-refractivity contribution in [2.45, 2.75) is 38.2 Å². The van der Waals surface area contributed by atoms with Crippen LogP contribution in [-0.2, 0) is 4.74 Å². The van der Waals surface area contributed by atoms with E-state index < -0.39 is 0 Å². The van der Waals surface area contributed by atoms with Gasteiger partial charge in [0.2, 0.25) is 5.88 Å². The van der Waals surface area contributed by atoms with Gasteiger partial charge in [0.05, 0.1) is 24.1 Å². The van der Waals surface area contributed by atoms with Crippen LogP contribution < -0.4 is 9.64 Å². The lowest BCUT2D eigenvalue weighted by molar-refractivity contribution is 0.122. The molecule has 3 heterocycles. The summed E-state index contributed by atoms with van der Waals surface area (Å²) >= 11 is 0.750. The van der Waals surface area contributed by atoms with Crippen molar-refractivity contribution in [2.24, 2.45) is 0 Å². The molecular formula is C19H27N3O3S. The molecule has 1 N–H and O–H groups in total. The molecule has 1 saturated carbocycles. The molecule has 4 rings (SSSR count). The van der Waals surface area contributed by atoms with E-state index in [9.17, 15) is 0 Å². The molecule has 0 unspecified atom stereocenters. The Morgan fingerprint density at radius 3 is 2.69 bits per heavy atom. The molecule has 2 aromatic heterocycles. The number of pyridine rings is 2. The van der Waals surface area contributed by atoms with Gasteiger partial charge >= 0.3 is 0 Å². The summed E-state index contributed by atoms with van der Waals surface area (Å²) in [5.74, 6) is 1.69. The number of morpholine rings is 1. The van der Waals surface area contributed by atoms with Gasteiger partial charge in [-0.2, -0.15) is 4.98 Å². The second-order valence-electron chi connectivity index (χ2n) is 6.52. The third-order valence-electron chi connectivity index (χ3n) is 4.72. The fraction of sp³-hybridized carbons (Fsp3) is 0.579. The maximum atomic E-state index is 7.49. The molecule has 0 atom stereocenters. The van der Waals surface area contributed by atoms with Gasteiger partial charge in [-0.1, -0.05) is 6.42 Å². The van der Waals surface area contributed by atoms with E-state index in [1.54, 1.807) is 6.26 Å². The molecule has 2 aromatic rings. The lowest BCUT2D eigenvalue weighted by Crippen LogP contribution is -2.36. The van der Waals surface area contributed by atoms with Gasteiger partial charge in [-0.05, 0) is 49.9 Å². The Balaban J connectivity index is 0.000000613. The van der Waals surface area contributed by atoms with Crippen molar-refractivity contribution in [3.63, 3.8) is 0 Å². The number of fused-ring (bicyclic) bond motifs is 1. The molecule has 2 fully saturated rings. The van der Waals surface area contributed by atoms with Crippen molar-refractivity contribution in [1.29, 1.82) is 0 Å². The van der Waals surface area contributed by atoms with Gasteiger partial charge in [0.25, 0.3) is 0 Å². The summed E-state index contributed by atoms with van der Waals surface area (Å²) in [7, 11) is 0. The quantitative estimate of drug-likeness (QED) is 0.811. The number of rotatable bonds is 3. The third-order valence-corrected chi connectivity index (χ3v) is 4.72. The molecule has 1 saturated heterocycles. The highest BCUT2D eigenvalue weighted by atomic mass is 32.2. The van der Waals surface area contributed by atoms with Gasteiger partial charge in [-0.25, -0.2) is 0 Å². The highest BCUT2D eigenvalue weighted by Crippen LogP contribution is 2.30. The van der Waals surface area contributed by atoms with Crippen molar-refractivity contribution >= 4 is 28.8 Å². The Morgan fingerprint density at radius 1 is 1.23 bits per heavy atom. The first kappa shape index (κ1) is 19.2. The molecule has 7 heteroatoms. The van der Waals surface area contributed by atoms with E-state index in [2.05, 4.69) is 22.0 Å². The standard InChI is InChI=1S/C18H23N3O2.CH4OS/c1-2-5-14(6-3-1)23-18-15-7-4-8-19-16(15)13-17(20-18)21-9-11-22-12-10-21;1-3-2/h4,7-8,13-14H,1-3,5-6,9-12H2;2H,1H3. The summed E-state index contributed by atoms with van der Waals surface area (Å²) < 4.78 is 19.2. The van der Waals surface area contributed by atoms with Gasteiger partial charge in [0.1, 0.15) is 11.9 Å². The molecule has 0 amide bonds. The molecular weight excluding hydrogens is 350 g/mol. The maximum Gasteiger partial charge on any atom is 0.225 e. The van der Waals surface area contributed by atoms with Crippen molar-refractivity contribution in [1.82, 2.24) is 9.97 Å². The number of hydrogen-bond donors (Lipinski definition) is 1. The van der Waals surface area contributed by atoms with E-state index >= 15 is 0 Å². The van der Waals surface area contributed by atoms with Crippen LogP contribution in [-0.4, -0.2) is 53.2 Å². The molecule has 26 heavy (non-hydrogen) atoms. The molecule has 0 spiro atoms. The first-order chi connectivity index (χ1) is 12.8. The van der Waals surface area contributed by atoms with Crippen LogP contribution in [0.4, 0.5) is 5.82 Å². The second kappa shape index (κ2) is 9.94. The van der Waals surface area contributed by atoms with Gasteiger partial charge in [-0.3, -0.25) is 4.98 Å². The number of aromatic nitrogens is 2. The minimum Gasteiger partial charge on any atom is -0.474 e. The number of anilines is 1. The minimum absolute atomic E-state index is 0.291. The lowest BCUT2D eigenvalue weighted by atomic mass is 9.98. The summed E-state index contributed by atoms with van der Waals surface area (Å²) in [4.78, 5) is 11.6. The Bertz CT molecular complexity index is 689. The third kappa shape index (κ3) is 4.99. The topological polar surface area (TPSA) is 67.7 Å². The van der Waals surface area contributed by atoms with Crippen LogP contribution in [0, 0.1) is 0 Å². The van der Waals surface area contributed by atoms with Gasteiger partial charge in [0.15, 0.2) is 0 Å². The van der Waals surface area contributed by atoms with Gasteiger partial charge in [0, 0.05) is 31.6 Å². The average molecular weight is 378 g/mol. The van der Waals surface area contributed by atoms with E-state index in [1.165, 1.54) is 19.3 Å². The minimum atomic E-state index is 0.291. The van der Waals surface area contributed by atoms with Crippen molar-refractivity contribution in [3.8, 4) is 5.88 Å². The van der Waals surface area contributed by atoms with Crippen LogP contribution in [0.2, 0.25) is 0 Å². The zero-order valence-corrected chi connectivity index (χ0v) is 16.1. The summed E-state index contributed by atoms with van der Waals surface area (Å²) in [5, 5.41) is 1.01. The van der Waals surface area contributed by atoms with Crippen LogP contribution >= 0.6 is 12.0 Å². The van der Waals surface area contributed by atoms with Crippen molar-refractivity contribution < 1.29 is 14.0 Å². The normalized spacial score (nSPS) is 18.3. The number of nitrogens with zero attached hydrogens (tertiary/aromatic N) is 3. The molecule has 6 nitrogen and oxygen atoms in total. The summed E-state index contributed by atoms with van der Waals surface area (Å²) in [6.45, 7) is 3.24. The average Bonchev–Trinajstić information content (AvgIpc) is 2.70. The van der Waals surface area contributed by atoms with Crippen LogP contribution in [0.15, 0.2) is 24.4 Å². The van der Waals surface area contributed by atoms with Crippen LogP contribution in [0.25, 0.3) is 10.9 Å². The fourth-order valence-electron chi connectivity index (χ4n) is 3.42. The SMILES string of the molecule is CSO.c1cnc2cc(N3CCOCC3)nc(OC3CCCCC3)c2c1. The Labute approximate surface area is 159 Å². The Kier molecular flexibility index (Phi) is 7.34. The molecule has 0 bridgehead atoms. The predicted molar refractivity (Wildman–Crippen MR) is 106 cm³/mol. The van der Waals surface area contributed by atoms with Gasteiger partial charge in [-0.15, -0.1) is 0 Å². The predicted octanol–water partition coefficient (Wildman–Crippen LogP) is 4.00. The molecule has 2 aliphatic rings. The van der Waals surface area contributed by atoms with Crippen LogP contribution in [0.5, 0.6) is 5.88 Å². The summed E-state index contributed by atoms with van der Waals surface area (Å²) in [6.07, 6.45) is 9.81. The summed E-state index contributed by atoms with van der Waals surface area (Å²) in [5.41, 5.74) is 0.954. The summed E-state index contributed by atoms with van der Waals surface area (Å²) in [6, 6.07) is 6.07. The zero-order chi connectivity index (χ0) is 18.2. The highest BCUT2D eigenvalue weighted by molar-refractivity contribution is 7.93. The zero-order valence-electron chi connectivity index (χ0n) is 15.3. The van der Waals surface area contributed by atoms with E-state index in [4.69, 9.17) is 19.0 Å². The molecule has 1 aliphatic heterocycles. The van der Waals surface area contributed by atoms with E-state index in [1.807, 2.05) is 12.3 Å². The smallest absolute Gasteiger partial charge is 0.225 e. The van der Waals surface area contributed by atoms with Crippen LogP contribution in [0.1, 0.15) is 32.1 Å². The van der Waals surface area contributed by atoms with Gasteiger partial charge < -0.3 is 18.9 Å². The number of ether oxygens (including phenoxy) is 2. The number of hydrogen-bond acceptors (Lipinski definition) is 7. The van der Waals surface area contributed by atoms with Crippen molar-refractivity contribution in [3.05, 3.63) is 24.4 Å². The maximum absolute atomic E-state index is 7.49. The molecule has 0 aromatic carbocycles. The monoisotopic (exact) mass is 377 g/mol. The van der Waals surface area contributed by atoms with E-state index in [0.29, 0.717) is 6.10 Å². The second-order valence-corrected chi connectivity index (χ2v) is 6.88. The largest absolute Gasteiger partial charge is 0.474 e. The highest BCUT2D eigenvalue weighted by Gasteiger charge is 2.20. The Morgan fingerprint density at radius 2 is 1.96 bits per heavy atom. The molecule has 0 radical (unpaired) electrons. The van der Waals surface area contributed by atoms with Crippen molar-refractivity contribution in [2.75, 3.05) is 37.5 Å². The Hall–Kier alpha value is -1.57. The van der Waals surface area contributed by atoms with E-state index in [-0.39, 0.29) is 0 Å². The first-order valence-corrected chi connectivity index (χ1v) is 10.4.